The molecule has 0 radical (unpaired) electrons. The number of rotatable bonds is 5. The number of fused-ring (bicyclic) bond motifs is 3. The van der Waals surface area contributed by atoms with E-state index in [0.717, 1.165) is 22.3 Å². The standard InChI is InChI=1S/C22H16ClNO4/c23-19-8-4-3-7-17(19)22(27)24-13-9-10-15-14-5-1-2-6-16(14)21(18(15)11-13)28-12-20(25)26/h1-11,21H,12H2,(H,24,27)(H,25,26). The molecule has 5 nitrogen and oxygen atoms in total. The van der Waals surface area contributed by atoms with Crippen molar-refractivity contribution in [2.75, 3.05) is 11.9 Å². The number of nitrogens with one attached hydrogen (secondary N) is 1. The minimum atomic E-state index is -1.03. The second-order valence-corrected chi connectivity index (χ2v) is 6.82. The Hall–Kier alpha value is -3.15. The Morgan fingerprint density at radius 3 is 2.46 bits per heavy atom. The average molecular weight is 394 g/mol. The number of carboxylic acids is 1. The van der Waals surface area contributed by atoms with Crippen LogP contribution in [0.3, 0.4) is 0 Å². The molecule has 1 amide bonds. The van der Waals surface area contributed by atoms with Gasteiger partial charge in [0.25, 0.3) is 5.91 Å². The van der Waals surface area contributed by atoms with Gasteiger partial charge in [-0.2, -0.15) is 0 Å². The van der Waals surface area contributed by atoms with E-state index < -0.39 is 18.7 Å². The molecule has 1 aliphatic carbocycles. The Morgan fingerprint density at radius 2 is 1.68 bits per heavy atom. The lowest BCUT2D eigenvalue weighted by Crippen LogP contribution is -2.14. The number of carbonyl (C=O) groups excluding carboxylic acids is 1. The summed E-state index contributed by atoms with van der Waals surface area (Å²) in [7, 11) is 0. The van der Waals surface area contributed by atoms with E-state index in [-0.39, 0.29) is 5.91 Å². The van der Waals surface area contributed by atoms with Gasteiger partial charge in [0, 0.05) is 5.69 Å². The van der Waals surface area contributed by atoms with Crippen molar-refractivity contribution in [1.29, 1.82) is 0 Å². The van der Waals surface area contributed by atoms with E-state index in [2.05, 4.69) is 5.32 Å². The molecular weight excluding hydrogens is 378 g/mol. The van der Waals surface area contributed by atoms with Gasteiger partial charge in [0.2, 0.25) is 0 Å². The zero-order valence-electron chi connectivity index (χ0n) is 14.7. The summed E-state index contributed by atoms with van der Waals surface area (Å²) in [5.74, 6) is -1.35. The van der Waals surface area contributed by atoms with Crippen molar-refractivity contribution < 1.29 is 19.4 Å². The SMILES string of the molecule is O=C(O)COC1c2ccccc2-c2ccc(NC(=O)c3ccccc3Cl)cc21. The Morgan fingerprint density at radius 1 is 0.964 bits per heavy atom. The van der Waals surface area contributed by atoms with Crippen molar-refractivity contribution in [2.24, 2.45) is 0 Å². The number of ether oxygens (including phenoxy) is 1. The highest BCUT2D eigenvalue weighted by Gasteiger charge is 2.30. The second kappa shape index (κ2) is 7.46. The van der Waals surface area contributed by atoms with Crippen molar-refractivity contribution >= 4 is 29.2 Å². The molecule has 1 aliphatic rings. The smallest absolute Gasteiger partial charge is 0.329 e. The number of hydrogen-bond donors (Lipinski definition) is 2. The molecule has 0 aromatic heterocycles. The summed E-state index contributed by atoms with van der Waals surface area (Å²) in [6.07, 6.45) is -0.500. The first kappa shape index (κ1) is 18.2. The Bertz CT molecular complexity index is 1080. The van der Waals surface area contributed by atoms with Crippen LogP contribution < -0.4 is 5.32 Å². The van der Waals surface area contributed by atoms with Crippen molar-refractivity contribution in [3.63, 3.8) is 0 Å². The summed E-state index contributed by atoms with van der Waals surface area (Å²) in [6, 6.07) is 20.1. The molecule has 3 aromatic carbocycles. The Labute approximate surface area is 166 Å². The van der Waals surface area contributed by atoms with Crippen LogP contribution >= 0.6 is 11.6 Å². The van der Waals surface area contributed by atoms with Crippen LogP contribution in [0.5, 0.6) is 0 Å². The molecule has 2 N–H and O–H groups in total. The third-order valence-corrected chi connectivity index (χ3v) is 4.95. The first-order valence-electron chi connectivity index (χ1n) is 8.67. The van der Waals surface area contributed by atoms with Crippen molar-refractivity contribution in [3.05, 3.63) is 88.4 Å². The van der Waals surface area contributed by atoms with Gasteiger partial charge < -0.3 is 15.2 Å². The number of anilines is 1. The highest BCUT2D eigenvalue weighted by molar-refractivity contribution is 6.34. The van der Waals surface area contributed by atoms with E-state index in [1.54, 1.807) is 24.3 Å². The van der Waals surface area contributed by atoms with Gasteiger partial charge in [0.15, 0.2) is 0 Å². The predicted octanol–water partition coefficient (Wildman–Crippen LogP) is 4.76. The third kappa shape index (κ3) is 3.38. The van der Waals surface area contributed by atoms with Crippen molar-refractivity contribution in [2.45, 2.75) is 6.10 Å². The lowest BCUT2D eigenvalue weighted by molar-refractivity contribution is -0.143. The molecule has 0 fully saturated rings. The minimum Gasteiger partial charge on any atom is -0.480 e. The number of carbonyl (C=O) groups is 2. The zero-order chi connectivity index (χ0) is 19.7. The summed E-state index contributed by atoms with van der Waals surface area (Å²) in [6.45, 7) is -0.408. The average Bonchev–Trinajstić information content (AvgIpc) is 2.99. The fourth-order valence-corrected chi connectivity index (χ4v) is 3.64. The maximum Gasteiger partial charge on any atom is 0.329 e. The highest BCUT2D eigenvalue weighted by Crippen LogP contribution is 2.46. The molecular formula is C22H16ClNO4. The summed E-state index contributed by atoms with van der Waals surface area (Å²) in [5.41, 5.74) is 4.65. The molecule has 0 bridgehead atoms. The third-order valence-electron chi connectivity index (χ3n) is 4.62. The van der Waals surface area contributed by atoms with Crippen LogP contribution in [0.2, 0.25) is 5.02 Å². The quantitative estimate of drug-likeness (QED) is 0.655. The van der Waals surface area contributed by atoms with Crippen molar-refractivity contribution in [3.8, 4) is 11.1 Å². The normalized spacial score (nSPS) is 14.2. The second-order valence-electron chi connectivity index (χ2n) is 6.41. The monoisotopic (exact) mass is 393 g/mol. The van der Waals surface area contributed by atoms with Crippen LogP contribution in [-0.4, -0.2) is 23.6 Å². The fraction of sp³-hybridized carbons (Fsp3) is 0.0909. The maximum absolute atomic E-state index is 12.5. The predicted molar refractivity (Wildman–Crippen MR) is 107 cm³/mol. The van der Waals surface area contributed by atoms with Gasteiger partial charge in [-0.15, -0.1) is 0 Å². The molecule has 0 saturated heterocycles. The van der Waals surface area contributed by atoms with Gasteiger partial charge in [0.05, 0.1) is 10.6 Å². The van der Waals surface area contributed by atoms with E-state index in [4.69, 9.17) is 21.4 Å². The number of amides is 1. The number of halogens is 1. The van der Waals surface area contributed by atoms with Crippen LogP contribution in [0.15, 0.2) is 66.7 Å². The largest absolute Gasteiger partial charge is 0.480 e. The number of benzene rings is 3. The van der Waals surface area contributed by atoms with Gasteiger partial charge in [-0.25, -0.2) is 4.79 Å². The number of carboxylic acid groups (broad SMARTS) is 1. The van der Waals surface area contributed by atoms with Gasteiger partial charge in [-0.1, -0.05) is 54.1 Å². The van der Waals surface area contributed by atoms with E-state index >= 15 is 0 Å². The summed E-state index contributed by atoms with van der Waals surface area (Å²) in [5, 5.41) is 12.2. The molecule has 0 heterocycles. The maximum atomic E-state index is 12.5. The molecule has 0 spiro atoms. The van der Waals surface area contributed by atoms with Crippen LogP contribution in [0.25, 0.3) is 11.1 Å². The van der Waals surface area contributed by atoms with Crippen molar-refractivity contribution in [1.82, 2.24) is 0 Å². The van der Waals surface area contributed by atoms with Crippen LogP contribution in [0.4, 0.5) is 5.69 Å². The number of hydrogen-bond acceptors (Lipinski definition) is 3. The lowest BCUT2D eigenvalue weighted by atomic mass is 10.1. The molecule has 1 atom stereocenters. The van der Waals surface area contributed by atoms with E-state index in [1.807, 2.05) is 42.5 Å². The van der Waals surface area contributed by atoms with Gasteiger partial charge in [-0.3, -0.25) is 4.79 Å². The lowest BCUT2D eigenvalue weighted by Gasteiger charge is -2.15. The van der Waals surface area contributed by atoms with Crippen LogP contribution in [0, 0.1) is 0 Å². The molecule has 3 aromatic rings. The van der Waals surface area contributed by atoms with E-state index in [1.165, 1.54) is 0 Å². The van der Waals surface area contributed by atoms with Gasteiger partial charge in [0.1, 0.15) is 12.7 Å². The first-order valence-corrected chi connectivity index (χ1v) is 9.05. The van der Waals surface area contributed by atoms with Crippen LogP contribution in [0.1, 0.15) is 27.6 Å². The molecule has 1 unspecified atom stereocenters. The Balaban J connectivity index is 1.66. The van der Waals surface area contributed by atoms with E-state index in [0.29, 0.717) is 16.3 Å². The summed E-state index contributed by atoms with van der Waals surface area (Å²) < 4.78 is 5.65. The topological polar surface area (TPSA) is 75.6 Å². The highest BCUT2D eigenvalue weighted by atomic mass is 35.5. The molecule has 28 heavy (non-hydrogen) atoms. The van der Waals surface area contributed by atoms with E-state index in [9.17, 15) is 9.59 Å². The molecule has 0 saturated carbocycles. The molecule has 6 heteroatoms. The van der Waals surface area contributed by atoms with Gasteiger partial charge >= 0.3 is 5.97 Å². The summed E-state index contributed by atoms with van der Waals surface area (Å²) in [4.78, 5) is 23.5. The minimum absolute atomic E-state index is 0.316. The molecule has 4 rings (SSSR count). The van der Waals surface area contributed by atoms with Gasteiger partial charge in [-0.05, 0) is 46.5 Å². The zero-order valence-corrected chi connectivity index (χ0v) is 15.4. The molecule has 140 valence electrons. The first-order chi connectivity index (χ1) is 13.5. The Kier molecular flexibility index (Phi) is 4.86. The van der Waals surface area contributed by atoms with Crippen LogP contribution in [-0.2, 0) is 9.53 Å². The molecule has 0 aliphatic heterocycles. The summed E-state index contributed by atoms with van der Waals surface area (Å²) >= 11 is 6.10. The number of aliphatic carboxylic acids is 1. The fourth-order valence-electron chi connectivity index (χ4n) is 3.42.